The van der Waals surface area contributed by atoms with Crippen molar-refractivity contribution >= 4 is 35.0 Å². The molecule has 8 heteroatoms. The summed E-state index contributed by atoms with van der Waals surface area (Å²) in [4.78, 5) is 16.3. The van der Waals surface area contributed by atoms with E-state index in [2.05, 4.69) is 16.3 Å². The minimum Gasteiger partial charge on any atom is -0.441 e. The van der Waals surface area contributed by atoms with Gasteiger partial charge in [-0.15, -0.1) is 0 Å². The van der Waals surface area contributed by atoms with Gasteiger partial charge in [0.1, 0.15) is 5.60 Å². The van der Waals surface area contributed by atoms with Gasteiger partial charge in [-0.1, -0.05) is 35.9 Å². The van der Waals surface area contributed by atoms with Crippen molar-refractivity contribution in [2.24, 2.45) is 0 Å². The second kappa shape index (κ2) is 9.13. The highest BCUT2D eigenvalue weighted by Gasteiger charge is 2.47. The summed E-state index contributed by atoms with van der Waals surface area (Å²) in [6.07, 6.45) is 1.17. The molecule has 1 amide bonds. The van der Waals surface area contributed by atoms with Crippen LogP contribution in [0.5, 0.6) is 0 Å². The standard InChI is InChI=1S/C23H23ClN4O2S/c24-20-6-4-17(5-7-20)14-26-21(31)27-10-8-23(9-11-27)16-28(22(29)30-23)15-19-3-1-2-18(12-19)13-25/h1-7,12H,8-11,14-16H2,(H,26,31). The fourth-order valence-electron chi connectivity index (χ4n) is 4.04. The smallest absolute Gasteiger partial charge is 0.410 e. The second-order valence-corrected chi connectivity index (χ2v) is 8.81. The lowest BCUT2D eigenvalue weighted by atomic mass is 9.91. The van der Waals surface area contributed by atoms with E-state index in [1.165, 1.54) is 0 Å². The molecule has 0 aliphatic carbocycles. The maximum atomic E-state index is 12.5. The number of amides is 1. The van der Waals surface area contributed by atoms with Crippen molar-refractivity contribution in [3.63, 3.8) is 0 Å². The number of nitrogens with zero attached hydrogens (tertiary/aromatic N) is 3. The van der Waals surface area contributed by atoms with Crippen LogP contribution in [0.25, 0.3) is 0 Å². The van der Waals surface area contributed by atoms with Crippen molar-refractivity contribution in [3.8, 4) is 6.07 Å². The van der Waals surface area contributed by atoms with Crippen LogP contribution in [0.1, 0.15) is 29.5 Å². The molecular weight excluding hydrogens is 432 g/mol. The van der Waals surface area contributed by atoms with Gasteiger partial charge < -0.3 is 15.0 Å². The van der Waals surface area contributed by atoms with Gasteiger partial charge in [0.2, 0.25) is 0 Å². The van der Waals surface area contributed by atoms with Crippen molar-refractivity contribution < 1.29 is 9.53 Å². The largest absolute Gasteiger partial charge is 0.441 e. The van der Waals surface area contributed by atoms with E-state index in [1.807, 2.05) is 42.5 Å². The van der Waals surface area contributed by atoms with Crippen LogP contribution in [-0.2, 0) is 17.8 Å². The lowest BCUT2D eigenvalue weighted by Gasteiger charge is -2.38. The SMILES string of the molecule is N#Cc1cccc(CN2CC3(CCN(C(=S)NCc4ccc(Cl)cc4)CC3)OC2=O)c1. The lowest BCUT2D eigenvalue weighted by molar-refractivity contribution is 0.0146. The monoisotopic (exact) mass is 454 g/mol. The van der Waals surface area contributed by atoms with Crippen molar-refractivity contribution in [1.29, 1.82) is 5.26 Å². The van der Waals surface area contributed by atoms with Crippen molar-refractivity contribution in [2.45, 2.75) is 31.5 Å². The first-order valence-electron chi connectivity index (χ1n) is 10.2. The highest BCUT2D eigenvalue weighted by molar-refractivity contribution is 7.80. The Morgan fingerprint density at radius 2 is 1.94 bits per heavy atom. The van der Waals surface area contributed by atoms with Gasteiger partial charge in [-0.25, -0.2) is 4.79 Å². The molecule has 0 bridgehead atoms. The average molecular weight is 455 g/mol. The highest BCUT2D eigenvalue weighted by Crippen LogP contribution is 2.34. The van der Waals surface area contributed by atoms with Crippen LogP contribution in [0.15, 0.2) is 48.5 Å². The summed E-state index contributed by atoms with van der Waals surface area (Å²) in [5, 5.41) is 13.8. The van der Waals surface area contributed by atoms with Crippen molar-refractivity contribution in [3.05, 3.63) is 70.2 Å². The minimum absolute atomic E-state index is 0.292. The zero-order valence-corrected chi connectivity index (χ0v) is 18.6. The van der Waals surface area contributed by atoms with Crippen LogP contribution >= 0.6 is 23.8 Å². The van der Waals surface area contributed by atoms with E-state index >= 15 is 0 Å². The van der Waals surface area contributed by atoms with E-state index in [4.69, 9.17) is 33.8 Å². The van der Waals surface area contributed by atoms with Crippen molar-refractivity contribution in [2.75, 3.05) is 19.6 Å². The fourth-order valence-corrected chi connectivity index (χ4v) is 4.42. The predicted molar refractivity (Wildman–Crippen MR) is 122 cm³/mol. The summed E-state index contributed by atoms with van der Waals surface area (Å²) < 4.78 is 5.82. The molecule has 0 aromatic heterocycles. The molecule has 2 fully saturated rings. The molecule has 2 aromatic carbocycles. The first-order valence-corrected chi connectivity index (χ1v) is 11.0. The van der Waals surface area contributed by atoms with Crippen LogP contribution in [0, 0.1) is 11.3 Å². The normalized spacial score (nSPS) is 17.4. The van der Waals surface area contributed by atoms with Crippen LogP contribution < -0.4 is 5.32 Å². The third-order valence-corrected chi connectivity index (χ3v) is 6.44. The third kappa shape index (κ3) is 5.09. The molecule has 2 aliphatic heterocycles. The highest BCUT2D eigenvalue weighted by atomic mass is 35.5. The zero-order valence-electron chi connectivity index (χ0n) is 17.0. The van der Waals surface area contributed by atoms with Gasteiger partial charge in [0, 0.05) is 44.0 Å². The molecule has 6 nitrogen and oxygen atoms in total. The van der Waals surface area contributed by atoms with E-state index < -0.39 is 5.60 Å². The molecule has 2 aliphatic rings. The Labute approximate surface area is 192 Å². The number of nitriles is 1. The number of carbonyl (C=O) groups excluding carboxylic acids is 1. The third-order valence-electron chi connectivity index (χ3n) is 5.79. The molecule has 0 radical (unpaired) electrons. The summed E-state index contributed by atoms with van der Waals surface area (Å²) in [6.45, 7) is 3.11. The molecule has 2 heterocycles. The fraction of sp³-hybridized carbons (Fsp3) is 0.348. The van der Waals surface area contributed by atoms with E-state index in [0.29, 0.717) is 35.3 Å². The van der Waals surface area contributed by atoms with Crippen LogP contribution in [0.4, 0.5) is 4.79 Å². The first kappa shape index (κ1) is 21.4. The maximum absolute atomic E-state index is 12.5. The average Bonchev–Trinajstić information content (AvgIpc) is 3.08. The minimum atomic E-state index is -0.466. The Hall–Kier alpha value is -2.82. The number of benzene rings is 2. The second-order valence-electron chi connectivity index (χ2n) is 7.99. The summed E-state index contributed by atoms with van der Waals surface area (Å²) >= 11 is 11.5. The number of likely N-dealkylation sites (tertiary alicyclic amines) is 1. The van der Waals surface area contributed by atoms with Gasteiger partial charge in [-0.2, -0.15) is 5.26 Å². The maximum Gasteiger partial charge on any atom is 0.410 e. The van der Waals surface area contributed by atoms with Crippen LogP contribution in [0.3, 0.4) is 0 Å². The molecule has 2 saturated heterocycles. The van der Waals surface area contributed by atoms with Gasteiger partial charge in [-0.3, -0.25) is 4.90 Å². The number of rotatable bonds is 4. The van der Waals surface area contributed by atoms with Crippen LogP contribution in [0.2, 0.25) is 5.02 Å². The Morgan fingerprint density at radius 1 is 1.19 bits per heavy atom. The molecule has 0 atom stereocenters. The summed E-state index contributed by atoms with van der Waals surface area (Å²) in [7, 11) is 0. The number of ether oxygens (including phenoxy) is 1. The zero-order chi connectivity index (χ0) is 21.8. The number of piperidine rings is 1. The van der Waals surface area contributed by atoms with Gasteiger partial charge >= 0.3 is 6.09 Å². The number of hydrogen-bond donors (Lipinski definition) is 1. The number of carbonyl (C=O) groups is 1. The van der Waals surface area contributed by atoms with Gasteiger partial charge in [0.05, 0.1) is 18.2 Å². The van der Waals surface area contributed by atoms with Gasteiger partial charge in [-0.05, 0) is 47.6 Å². The Morgan fingerprint density at radius 3 is 2.65 bits per heavy atom. The molecule has 1 spiro atoms. The number of halogens is 1. The Bertz CT molecular complexity index is 1010. The summed E-state index contributed by atoms with van der Waals surface area (Å²) in [6, 6.07) is 17.1. The molecular formula is C23H23ClN4O2S. The Balaban J connectivity index is 1.29. The molecule has 0 saturated carbocycles. The van der Waals surface area contributed by atoms with E-state index in [0.717, 1.165) is 37.1 Å². The predicted octanol–water partition coefficient (Wildman–Crippen LogP) is 4.07. The molecule has 160 valence electrons. The van der Waals surface area contributed by atoms with E-state index in [9.17, 15) is 4.79 Å². The summed E-state index contributed by atoms with van der Waals surface area (Å²) in [5.41, 5.74) is 2.17. The first-order chi connectivity index (χ1) is 15.0. The summed E-state index contributed by atoms with van der Waals surface area (Å²) in [5.74, 6) is 0. The topological polar surface area (TPSA) is 68.6 Å². The quantitative estimate of drug-likeness (QED) is 0.702. The van der Waals surface area contributed by atoms with Crippen LogP contribution in [-0.4, -0.2) is 46.2 Å². The van der Waals surface area contributed by atoms with Gasteiger partial charge in [0.15, 0.2) is 5.11 Å². The van der Waals surface area contributed by atoms with Crippen molar-refractivity contribution in [1.82, 2.24) is 15.1 Å². The number of thiocarbonyl (C=S) groups is 1. The molecule has 1 N–H and O–H groups in total. The van der Waals surface area contributed by atoms with E-state index in [-0.39, 0.29) is 6.09 Å². The van der Waals surface area contributed by atoms with E-state index in [1.54, 1.807) is 11.0 Å². The molecule has 0 unspecified atom stereocenters. The Kier molecular flexibility index (Phi) is 6.30. The lowest BCUT2D eigenvalue weighted by Crippen LogP contribution is -2.51. The molecule has 2 aromatic rings. The molecule has 4 rings (SSSR count). The number of hydrogen-bond acceptors (Lipinski definition) is 4. The molecule has 31 heavy (non-hydrogen) atoms. The van der Waals surface area contributed by atoms with Gasteiger partial charge in [0.25, 0.3) is 0 Å². The number of nitrogens with one attached hydrogen (secondary N) is 1.